The van der Waals surface area contributed by atoms with Crippen molar-refractivity contribution in [3.63, 3.8) is 0 Å². The van der Waals surface area contributed by atoms with E-state index in [2.05, 4.69) is 9.83 Å². The second kappa shape index (κ2) is 4.87. The predicted molar refractivity (Wildman–Crippen MR) is 71.0 cm³/mol. The van der Waals surface area contributed by atoms with Crippen LogP contribution in [-0.4, -0.2) is 4.98 Å². The SMILES string of the molecule is [C-]#[N+]c1cc(Oc2c(F)cc3[nH]ccc3c2F)ccc1F. The molecular weight excluding hydrogens is 281 g/mol. The number of aromatic nitrogens is 1. The first-order chi connectivity index (χ1) is 10.1. The summed E-state index contributed by atoms with van der Waals surface area (Å²) >= 11 is 0. The lowest BCUT2D eigenvalue weighted by Gasteiger charge is -2.09. The Bertz CT molecular complexity index is 880. The monoisotopic (exact) mass is 288 g/mol. The van der Waals surface area contributed by atoms with Crippen molar-refractivity contribution in [2.24, 2.45) is 0 Å². The van der Waals surface area contributed by atoms with Crippen LogP contribution in [0, 0.1) is 24.0 Å². The predicted octanol–water partition coefficient (Wildman–Crippen LogP) is 4.93. The van der Waals surface area contributed by atoms with Crippen LogP contribution >= 0.6 is 0 Å². The number of aromatic amines is 1. The normalized spacial score (nSPS) is 10.6. The van der Waals surface area contributed by atoms with Gasteiger partial charge in [0.1, 0.15) is 11.6 Å². The highest BCUT2D eigenvalue weighted by Crippen LogP contribution is 2.34. The lowest BCUT2D eigenvalue weighted by molar-refractivity contribution is 0.410. The van der Waals surface area contributed by atoms with Gasteiger partial charge in [-0.05, 0) is 24.3 Å². The van der Waals surface area contributed by atoms with E-state index in [0.717, 1.165) is 18.2 Å². The Labute approximate surface area is 117 Å². The highest BCUT2D eigenvalue weighted by molar-refractivity contribution is 5.82. The third-order valence-corrected chi connectivity index (χ3v) is 2.96. The number of ether oxygens (including phenoxy) is 1. The van der Waals surface area contributed by atoms with Gasteiger partial charge in [-0.3, -0.25) is 0 Å². The number of fused-ring (bicyclic) bond motifs is 1. The summed E-state index contributed by atoms with van der Waals surface area (Å²) in [5, 5.41) is 0.180. The molecule has 2 aromatic carbocycles. The van der Waals surface area contributed by atoms with Gasteiger partial charge in [0.2, 0.25) is 5.69 Å². The Hall–Kier alpha value is -2.94. The van der Waals surface area contributed by atoms with Crippen molar-refractivity contribution in [2.75, 3.05) is 0 Å². The summed E-state index contributed by atoms with van der Waals surface area (Å²) in [6.07, 6.45) is 1.48. The average Bonchev–Trinajstić information content (AvgIpc) is 2.93. The summed E-state index contributed by atoms with van der Waals surface area (Å²) in [6.45, 7) is 6.81. The highest BCUT2D eigenvalue weighted by atomic mass is 19.1. The summed E-state index contributed by atoms with van der Waals surface area (Å²) in [7, 11) is 0. The third-order valence-electron chi connectivity index (χ3n) is 2.96. The van der Waals surface area contributed by atoms with Crippen molar-refractivity contribution in [2.45, 2.75) is 0 Å². The van der Waals surface area contributed by atoms with Crippen LogP contribution in [0.15, 0.2) is 36.5 Å². The molecule has 0 bridgehead atoms. The number of rotatable bonds is 2. The van der Waals surface area contributed by atoms with E-state index >= 15 is 0 Å². The molecular formula is C15H7F3N2O. The minimum Gasteiger partial charge on any atom is -0.452 e. The second-order valence-electron chi connectivity index (χ2n) is 4.27. The molecule has 0 atom stereocenters. The van der Waals surface area contributed by atoms with Gasteiger partial charge in [0.15, 0.2) is 17.4 Å². The molecule has 0 amide bonds. The Kier molecular flexibility index (Phi) is 3.03. The van der Waals surface area contributed by atoms with Gasteiger partial charge < -0.3 is 9.72 Å². The van der Waals surface area contributed by atoms with Crippen LogP contribution in [0.5, 0.6) is 11.5 Å². The molecule has 21 heavy (non-hydrogen) atoms. The highest BCUT2D eigenvalue weighted by Gasteiger charge is 2.17. The smallest absolute Gasteiger partial charge is 0.225 e. The van der Waals surface area contributed by atoms with Crippen LogP contribution in [0.25, 0.3) is 15.7 Å². The largest absolute Gasteiger partial charge is 0.452 e. The zero-order valence-corrected chi connectivity index (χ0v) is 10.5. The van der Waals surface area contributed by atoms with Crippen LogP contribution in [0.4, 0.5) is 18.9 Å². The molecule has 0 saturated carbocycles. The molecule has 1 heterocycles. The molecule has 0 radical (unpaired) electrons. The molecule has 0 spiro atoms. The molecule has 0 aliphatic heterocycles. The number of hydrogen-bond donors (Lipinski definition) is 1. The quantitative estimate of drug-likeness (QED) is 0.666. The van der Waals surface area contributed by atoms with E-state index in [1.54, 1.807) is 0 Å². The lowest BCUT2D eigenvalue weighted by Crippen LogP contribution is -1.94. The molecule has 0 unspecified atom stereocenters. The molecule has 1 aromatic heterocycles. The van der Waals surface area contributed by atoms with Crippen LogP contribution in [-0.2, 0) is 0 Å². The lowest BCUT2D eigenvalue weighted by atomic mass is 10.2. The van der Waals surface area contributed by atoms with Gasteiger partial charge in [0, 0.05) is 17.6 Å². The Morgan fingerprint density at radius 2 is 1.86 bits per heavy atom. The van der Waals surface area contributed by atoms with Gasteiger partial charge >= 0.3 is 0 Å². The molecule has 0 fully saturated rings. The van der Waals surface area contributed by atoms with Crippen molar-refractivity contribution in [1.29, 1.82) is 0 Å². The molecule has 0 saturated heterocycles. The fourth-order valence-corrected chi connectivity index (χ4v) is 1.97. The molecule has 3 aromatic rings. The molecule has 3 nitrogen and oxygen atoms in total. The standard InChI is InChI=1S/C15H7F3N2O/c1-19-13-6-8(2-3-10(13)16)21-15-11(17)7-12-9(14(15)18)4-5-20-12/h2-7,20H. The van der Waals surface area contributed by atoms with Crippen LogP contribution in [0.1, 0.15) is 0 Å². The zero-order valence-electron chi connectivity index (χ0n) is 10.5. The average molecular weight is 288 g/mol. The Balaban J connectivity index is 2.08. The molecule has 0 aliphatic carbocycles. The first-order valence-electron chi connectivity index (χ1n) is 5.90. The van der Waals surface area contributed by atoms with Crippen LogP contribution < -0.4 is 4.74 Å². The minimum absolute atomic E-state index is 0.0184. The second-order valence-corrected chi connectivity index (χ2v) is 4.27. The molecule has 6 heteroatoms. The number of nitrogens with one attached hydrogen (secondary N) is 1. The summed E-state index contributed by atoms with van der Waals surface area (Å²) in [6, 6.07) is 5.85. The first kappa shape index (κ1) is 13.1. The maximum Gasteiger partial charge on any atom is 0.225 e. The number of hydrogen-bond acceptors (Lipinski definition) is 1. The topological polar surface area (TPSA) is 29.4 Å². The van der Waals surface area contributed by atoms with Gasteiger partial charge in [0.05, 0.1) is 12.1 Å². The van der Waals surface area contributed by atoms with Crippen LogP contribution in [0.3, 0.4) is 0 Å². The fourth-order valence-electron chi connectivity index (χ4n) is 1.97. The summed E-state index contributed by atoms with van der Waals surface area (Å²) < 4.78 is 46.4. The van der Waals surface area contributed by atoms with Gasteiger partial charge in [-0.2, -0.15) is 0 Å². The number of halogens is 3. The maximum absolute atomic E-state index is 14.2. The Morgan fingerprint density at radius 1 is 1.05 bits per heavy atom. The molecule has 3 rings (SSSR count). The summed E-state index contributed by atoms with van der Waals surface area (Å²) in [4.78, 5) is 5.65. The van der Waals surface area contributed by atoms with E-state index in [9.17, 15) is 13.2 Å². The van der Waals surface area contributed by atoms with E-state index in [1.807, 2.05) is 0 Å². The van der Waals surface area contributed by atoms with Gasteiger partial charge in [0.25, 0.3) is 0 Å². The van der Waals surface area contributed by atoms with E-state index in [1.165, 1.54) is 18.3 Å². The van der Waals surface area contributed by atoms with E-state index < -0.39 is 23.2 Å². The number of nitrogens with zero attached hydrogens (tertiary/aromatic N) is 1. The minimum atomic E-state index is -0.892. The zero-order chi connectivity index (χ0) is 15.0. The van der Waals surface area contributed by atoms with Gasteiger partial charge in [-0.15, -0.1) is 0 Å². The van der Waals surface area contributed by atoms with Crippen molar-refractivity contribution in [3.8, 4) is 11.5 Å². The van der Waals surface area contributed by atoms with E-state index in [-0.39, 0.29) is 16.8 Å². The van der Waals surface area contributed by atoms with Gasteiger partial charge in [-0.1, -0.05) is 0 Å². The number of benzene rings is 2. The first-order valence-corrected chi connectivity index (χ1v) is 5.90. The number of H-pyrrole nitrogens is 1. The van der Waals surface area contributed by atoms with Crippen molar-refractivity contribution in [3.05, 3.63) is 65.4 Å². The van der Waals surface area contributed by atoms with E-state index in [4.69, 9.17) is 11.3 Å². The molecule has 104 valence electrons. The van der Waals surface area contributed by atoms with Crippen molar-refractivity contribution in [1.82, 2.24) is 4.98 Å². The molecule has 1 N–H and O–H groups in total. The Morgan fingerprint density at radius 3 is 2.62 bits per heavy atom. The van der Waals surface area contributed by atoms with Crippen LogP contribution in [0.2, 0.25) is 0 Å². The maximum atomic E-state index is 14.2. The van der Waals surface area contributed by atoms with Gasteiger partial charge in [-0.25, -0.2) is 18.0 Å². The van der Waals surface area contributed by atoms with Crippen molar-refractivity contribution < 1.29 is 17.9 Å². The summed E-state index contributed by atoms with van der Waals surface area (Å²) in [5.74, 6) is -3.09. The third kappa shape index (κ3) is 2.19. The fraction of sp³-hybridized carbons (Fsp3) is 0. The summed E-state index contributed by atoms with van der Waals surface area (Å²) in [5.41, 5.74) is 0.0225. The van der Waals surface area contributed by atoms with Crippen molar-refractivity contribution >= 4 is 16.6 Å². The molecule has 0 aliphatic rings. The van der Waals surface area contributed by atoms with E-state index in [0.29, 0.717) is 5.52 Å².